The van der Waals surface area contributed by atoms with Gasteiger partial charge < -0.3 is 9.64 Å². The highest BCUT2D eigenvalue weighted by Crippen LogP contribution is 2.33. The number of fused-ring (bicyclic) bond motifs is 1. The third-order valence-corrected chi connectivity index (χ3v) is 6.72. The van der Waals surface area contributed by atoms with E-state index in [0.717, 1.165) is 15.4 Å². The first-order valence-corrected chi connectivity index (χ1v) is 12.1. The summed E-state index contributed by atoms with van der Waals surface area (Å²) in [6.07, 6.45) is -5.52. The van der Waals surface area contributed by atoms with Crippen molar-refractivity contribution in [3.05, 3.63) is 29.1 Å². The van der Waals surface area contributed by atoms with Crippen LogP contribution in [-0.4, -0.2) is 60.6 Å². The Bertz CT molecular complexity index is 1200. The predicted octanol–water partition coefficient (Wildman–Crippen LogP) is 3.55. The van der Waals surface area contributed by atoms with E-state index < -0.39 is 33.9 Å². The molecule has 0 radical (unpaired) electrons. The van der Waals surface area contributed by atoms with E-state index in [4.69, 9.17) is 4.74 Å². The average molecular weight is 504 g/mol. The van der Waals surface area contributed by atoms with Crippen LogP contribution in [0, 0.1) is 13.8 Å². The van der Waals surface area contributed by atoms with Crippen LogP contribution in [0.25, 0.3) is 10.9 Å². The number of alkyl halides is 3. The van der Waals surface area contributed by atoms with E-state index in [1.807, 2.05) is 11.6 Å². The van der Waals surface area contributed by atoms with E-state index in [0.29, 0.717) is 11.8 Å². The number of halogens is 3. The van der Waals surface area contributed by atoms with Gasteiger partial charge in [-0.3, -0.25) is 0 Å². The van der Waals surface area contributed by atoms with Gasteiger partial charge in [0.2, 0.25) is 5.82 Å². The maximum atomic E-state index is 13.5. The van der Waals surface area contributed by atoms with Gasteiger partial charge in [-0.2, -0.15) is 25.9 Å². The number of anilines is 1. The van der Waals surface area contributed by atoms with Crippen LogP contribution in [0.15, 0.2) is 12.1 Å². The van der Waals surface area contributed by atoms with E-state index in [2.05, 4.69) is 9.97 Å². The van der Waals surface area contributed by atoms with E-state index in [-0.39, 0.29) is 37.5 Å². The van der Waals surface area contributed by atoms with Crippen LogP contribution in [0.2, 0.25) is 0 Å². The van der Waals surface area contributed by atoms with Crippen molar-refractivity contribution in [1.29, 1.82) is 0 Å². The molecule has 0 spiro atoms. The number of hydrogen-bond acceptors (Lipinski definition) is 7. The minimum absolute atomic E-state index is 0.0597. The molecule has 1 aliphatic heterocycles. The van der Waals surface area contributed by atoms with Gasteiger partial charge in [0.15, 0.2) is 0 Å². The molecule has 34 heavy (non-hydrogen) atoms. The molecule has 0 atom stereocenters. The van der Waals surface area contributed by atoms with E-state index in [9.17, 15) is 26.4 Å². The van der Waals surface area contributed by atoms with Crippen LogP contribution in [-0.2, 0) is 21.1 Å². The molecule has 0 unspecified atom stereocenters. The Hall–Kier alpha value is -2.67. The first-order chi connectivity index (χ1) is 15.6. The van der Waals surface area contributed by atoms with Crippen molar-refractivity contribution in [1.82, 2.24) is 19.0 Å². The largest absolute Gasteiger partial charge is 0.451 e. The fourth-order valence-electron chi connectivity index (χ4n) is 3.55. The quantitative estimate of drug-likeness (QED) is 0.683. The number of nitrogens with zero attached hydrogens (tertiary/aromatic N) is 4. The lowest BCUT2D eigenvalue weighted by atomic mass is 10.1. The van der Waals surface area contributed by atoms with Crippen LogP contribution in [0.3, 0.4) is 0 Å². The van der Waals surface area contributed by atoms with Crippen LogP contribution in [0.4, 0.5) is 23.8 Å². The summed E-state index contributed by atoms with van der Waals surface area (Å²) in [6.45, 7) is 8.80. The molecule has 1 N–H and O–H groups in total. The Morgan fingerprint density at radius 2 is 1.68 bits per heavy atom. The van der Waals surface area contributed by atoms with Crippen molar-refractivity contribution in [3.63, 3.8) is 0 Å². The molecule has 1 amide bonds. The van der Waals surface area contributed by atoms with Gasteiger partial charge in [-0.15, -0.1) is 0 Å². The summed E-state index contributed by atoms with van der Waals surface area (Å²) in [5.41, 5.74) is 0.959. The first-order valence-electron chi connectivity index (χ1n) is 10.7. The third kappa shape index (κ3) is 6.06. The van der Waals surface area contributed by atoms with Crippen molar-refractivity contribution in [2.75, 3.05) is 31.1 Å². The molecule has 1 aliphatic rings. The highest BCUT2D eigenvalue weighted by Gasteiger charge is 2.37. The molecular formula is C21H28F3N5O4S. The number of amides is 1. The number of carbonyl (C=O) groups excluding carboxylic acids is 1. The summed E-state index contributed by atoms with van der Waals surface area (Å²) in [4.78, 5) is 21.1. The van der Waals surface area contributed by atoms with Gasteiger partial charge >= 0.3 is 22.5 Å². The molecule has 0 aliphatic carbocycles. The summed E-state index contributed by atoms with van der Waals surface area (Å²) < 4.78 is 73.8. The highest BCUT2D eigenvalue weighted by atomic mass is 32.2. The van der Waals surface area contributed by atoms with Crippen LogP contribution in [0.1, 0.15) is 44.1 Å². The molecule has 13 heteroatoms. The maximum Gasteiger partial charge on any atom is 0.451 e. The van der Waals surface area contributed by atoms with Crippen molar-refractivity contribution >= 4 is 33.0 Å². The zero-order chi connectivity index (χ0) is 25.5. The second kappa shape index (κ2) is 9.17. The summed E-state index contributed by atoms with van der Waals surface area (Å²) in [5, 5.41) is 0.458. The summed E-state index contributed by atoms with van der Waals surface area (Å²) in [6, 6.07) is 3.33. The molecule has 0 saturated carbocycles. The molecule has 9 nitrogen and oxygen atoms in total. The van der Waals surface area contributed by atoms with Crippen molar-refractivity contribution in [2.45, 2.75) is 52.8 Å². The summed E-state index contributed by atoms with van der Waals surface area (Å²) in [5.74, 6) is -1.15. The van der Waals surface area contributed by atoms with Crippen molar-refractivity contribution in [3.8, 4) is 0 Å². The minimum atomic E-state index is -4.74. The Morgan fingerprint density at radius 3 is 2.29 bits per heavy atom. The Morgan fingerprint density at radius 1 is 1.03 bits per heavy atom. The Labute approximate surface area is 196 Å². The zero-order valence-electron chi connectivity index (χ0n) is 19.7. The van der Waals surface area contributed by atoms with Crippen LogP contribution < -0.4 is 9.62 Å². The van der Waals surface area contributed by atoms with Gasteiger partial charge in [0.1, 0.15) is 11.4 Å². The smallest absolute Gasteiger partial charge is 0.443 e. The average Bonchev–Trinajstić information content (AvgIpc) is 2.92. The number of carbonyl (C=O) groups is 1. The second-order valence-electron chi connectivity index (χ2n) is 9.17. The third-order valence-electron chi connectivity index (χ3n) is 5.25. The number of nitrogens with one attached hydrogen (secondary N) is 1. The molecule has 1 saturated heterocycles. The lowest BCUT2D eigenvalue weighted by molar-refractivity contribution is -0.144. The van der Waals surface area contributed by atoms with Gasteiger partial charge in [-0.05, 0) is 64.3 Å². The summed E-state index contributed by atoms with van der Waals surface area (Å²) >= 11 is 0. The van der Waals surface area contributed by atoms with Gasteiger partial charge in [-0.1, -0.05) is 0 Å². The van der Waals surface area contributed by atoms with Crippen LogP contribution >= 0.6 is 0 Å². The van der Waals surface area contributed by atoms with E-state index in [1.54, 1.807) is 44.7 Å². The van der Waals surface area contributed by atoms with Gasteiger partial charge in [0.25, 0.3) is 0 Å². The molecule has 2 aromatic rings. The van der Waals surface area contributed by atoms with Crippen molar-refractivity contribution in [2.24, 2.45) is 0 Å². The monoisotopic (exact) mass is 503 g/mol. The van der Waals surface area contributed by atoms with Gasteiger partial charge in [0.05, 0.1) is 5.52 Å². The molecule has 2 heterocycles. The van der Waals surface area contributed by atoms with Gasteiger partial charge in [-0.25, -0.2) is 19.5 Å². The highest BCUT2D eigenvalue weighted by molar-refractivity contribution is 7.87. The predicted molar refractivity (Wildman–Crippen MR) is 121 cm³/mol. The number of hydrogen-bond donors (Lipinski definition) is 1. The SMILES string of the molecule is Cc1cc2nc(C(F)(F)F)nc(N3CCCN(S(=O)(=O)NC(=O)OC(C)(C)C)CC3)c2cc1C. The minimum Gasteiger partial charge on any atom is -0.443 e. The molecule has 1 aromatic carbocycles. The number of aromatic nitrogens is 2. The topological polar surface area (TPSA) is 105 Å². The number of rotatable bonds is 3. The van der Waals surface area contributed by atoms with Crippen molar-refractivity contribution < 1.29 is 31.1 Å². The van der Waals surface area contributed by atoms with Crippen LogP contribution in [0.5, 0.6) is 0 Å². The lowest BCUT2D eigenvalue weighted by Gasteiger charge is -2.25. The normalized spacial score (nSPS) is 16.4. The molecular weight excluding hydrogens is 475 g/mol. The zero-order valence-corrected chi connectivity index (χ0v) is 20.5. The maximum absolute atomic E-state index is 13.5. The fraction of sp³-hybridized carbons (Fsp3) is 0.571. The molecule has 188 valence electrons. The molecule has 1 aromatic heterocycles. The Balaban J connectivity index is 1.89. The molecule has 3 rings (SSSR count). The fourth-order valence-corrected chi connectivity index (χ4v) is 4.63. The van der Waals surface area contributed by atoms with E-state index >= 15 is 0 Å². The standard InChI is InChI=1S/C21H28F3N5O4S/c1-13-11-15-16(12-14(13)2)25-18(21(22,23)24)26-17(15)28-7-6-8-29(10-9-28)34(31,32)27-19(30)33-20(3,4)5/h11-12H,6-10H2,1-5H3,(H,27,30). The summed E-state index contributed by atoms with van der Waals surface area (Å²) in [7, 11) is -4.20. The molecule has 0 bridgehead atoms. The lowest BCUT2D eigenvalue weighted by Crippen LogP contribution is -2.46. The molecule has 1 fully saturated rings. The van der Waals surface area contributed by atoms with Gasteiger partial charge in [0, 0.05) is 31.6 Å². The first kappa shape index (κ1) is 25.9. The Kier molecular flexibility index (Phi) is 7.00. The number of benzene rings is 1. The van der Waals surface area contributed by atoms with E-state index in [1.165, 1.54) is 0 Å². The number of ether oxygens (including phenoxy) is 1. The number of aryl methyl sites for hydroxylation is 2. The second-order valence-corrected chi connectivity index (χ2v) is 10.8.